The summed E-state index contributed by atoms with van der Waals surface area (Å²) in [5.74, 6) is -0.337. The van der Waals surface area contributed by atoms with Gasteiger partial charge in [-0.15, -0.1) is 0 Å². The molecule has 1 N–H and O–H groups in total. The first-order valence-electron chi connectivity index (χ1n) is 7.51. The van der Waals surface area contributed by atoms with Crippen LogP contribution < -0.4 is 4.74 Å². The van der Waals surface area contributed by atoms with Crippen LogP contribution >= 0.6 is 15.9 Å². The second-order valence-corrected chi connectivity index (χ2v) is 7.44. The molecule has 0 aromatic heterocycles. The summed E-state index contributed by atoms with van der Waals surface area (Å²) in [6.45, 7) is 6.25. The van der Waals surface area contributed by atoms with Gasteiger partial charge in [0, 0.05) is 10.9 Å². The SMILES string of the molecule is CC(C)(C)c1ccccc1O[C@@H](Cc1cccc(Br)c1)C(=O)O. The summed E-state index contributed by atoms with van der Waals surface area (Å²) in [7, 11) is 0. The maximum Gasteiger partial charge on any atom is 0.345 e. The van der Waals surface area contributed by atoms with Crippen LogP contribution in [0.2, 0.25) is 0 Å². The summed E-state index contributed by atoms with van der Waals surface area (Å²) in [5.41, 5.74) is 1.80. The molecule has 0 fully saturated rings. The number of carboxylic acids is 1. The maximum atomic E-state index is 11.6. The van der Waals surface area contributed by atoms with Gasteiger partial charge in [-0.05, 0) is 34.7 Å². The van der Waals surface area contributed by atoms with Gasteiger partial charge in [-0.1, -0.05) is 67.0 Å². The first-order chi connectivity index (χ1) is 10.8. The highest BCUT2D eigenvalue weighted by Crippen LogP contribution is 2.32. The molecule has 2 aromatic carbocycles. The lowest BCUT2D eigenvalue weighted by Crippen LogP contribution is -2.30. The highest BCUT2D eigenvalue weighted by Gasteiger charge is 2.24. The Bertz CT molecular complexity index is 689. The van der Waals surface area contributed by atoms with E-state index in [1.54, 1.807) is 0 Å². The predicted octanol–water partition coefficient (Wildman–Crippen LogP) is 4.82. The van der Waals surface area contributed by atoms with E-state index in [2.05, 4.69) is 36.7 Å². The third-order valence-corrected chi connectivity index (χ3v) is 4.04. The van der Waals surface area contributed by atoms with E-state index in [0.29, 0.717) is 12.2 Å². The van der Waals surface area contributed by atoms with Crippen LogP contribution in [0.4, 0.5) is 0 Å². The number of ether oxygens (including phenoxy) is 1. The van der Waals surface area contributed by atoms with E-state index in [-0.39, 0.29) is 5.41 Å². The predicted molar refractivity (Wildman–Crippen MR) is 95.0 cm³/mol. The third-order valence-electron chi connectivity index (χ3n) is 3.55. The molecule has 23 heavy (non-hydrogen) atoms. The molecule has 0 aliphatic heterocycles. The van der Waals surface area contributed by atoms with Gasteiger partial charge in [0.05, 0.1) is 0 Å². The summed E-state index contributed by atoms with van der Waals surface area (Å²) in [6, 6.07) is 15.2. The van der Waals surface area contributed by atoms with Crippen molar-refractivity contribution in [1.29, 1.82) is 0 Å². The molecular formula is C19H21BrO3. The number of halogens is 1. The van der Waals surface area contributed by atoms with E-state index >= 15 is 0 Å². The van der Waals surface area contributed by atoms with Gasteiger partial charge in [0.1, 0.15) is 5.75 Å². The lowest BCUT2D eigenvalue weighted by Gasteiger charge is -2.24. The van der Waals surface area contributed by atoms with Gasteiger partial charge in [-0.2, -0.15) is 0 Å². The van der Waals surface area contributed by atoms with Gasteiger partial charge >= 0.3 is 5.97 Å². The number of rotatable bonds is 5. The minimum absolute atomic E-state index is 0.116. The number of hydrogen-bond donors (Lipinski definition) is 1. The number of carboxylic acid groups (broad SMARTS) is 1. The van der Waals surface area contributed by atoms with Crippen LogP contribution in [0, 0.1) is 0 Å². The minimum Gasteiger partial charge on any atom is -0.478 e. The first-order valence-corrected chi connectivity index (χ1v) is 8.30. The lowest BCUT2D eigenvalue weighted by molar-refractivity contribution is -0.145. The second-order valence-electron chi connectivity index (χ2n) is 6.52. The van der Waals surface area contributed by atoms with Crippen molar-refractivity contribution in [2.24, 2.45) is 0 Å². The van der Waals surface area contributed by atoms with Gasteiger partial charge in [-0.3, -0.25) is 0 Å². The maximum absolute atomic E-state index is 11.6. The molecule has 0 amide bonds. The molecule has 122 valence electrons. The number of benzene rings is 2. The number of aliphatic carboxylic acids is 1. The summed E-state index contributed by atoms with van der Waals surface area (Å²) in [5, 5.41) is 9.52. The van der Waals surface area contributed by atoms with Crippen LogP contribution in [0.3, 0.4) is 0 Å². The molecular weight excluding hydrogens is 356 g/mol. The standard InChI is InChI=1S/C19H21BrO3/c1-19(2,3)15-9-4-5-10-16(15)23-17(18(21)22)12-13-7-6-8-14(20)11-13/h4-11,17H,12H2,1-3H3,(H,21,22)/t17-/m0/s1. The Morgan fingerprint density at radius 1 is 1.17 bits per heavy atom. The van der Waals surface area contributed by atoms with Crippen LogP contribution in [0.15, 0.2) is 53.0 Å². The average molecular weight is 377 g/mol. The molecule has 2 aromatic rings. The van der Waals surface area contributed by atoms with Crippen molar-refractivity contribution >= 4 is 21.9 Å². The Kier molecular flexibility index (Phi) is 5.47. The molecule has 4 heteroatoms. The zero-order valence-corrected chi connectivity index (χ0v) is 15.1. The molecule has 2 rings (SSSR count). The summed E-state index contributed by atoms with van der Waals surface area (Å²) in [4.78, 5) is 11.6. The summed E-state index contributed by atoms with van der Waals surface area (Å²) >= 11 is 3.41. The molecule has 0 bridgehead atoms. The van der Waals surface area contributed by atoms with E-state index < -0.39 is 12.1 Å². The van der Waals surface area contributed by atoms with Crippen molar-refractivity contribution in [1.82, 2.24) is 0 Å². The largest absolute Gasteiger partial charge is 0.478 e. The minimum atomic E-state index is -0.964. The van der Waals surface area contributed by atoms with E-state index in [1.807, 2.05) is 48.5 Å². The third kappa shape index (κ3) is 4.83. The summed E-state index contributed by atoms with van der Waals surface area (Å²) < 4.78 is 6.79. The Morgan fingerprint density at radius 2 is 1.87 bits per heavy atom. The highest BCUT2D eigenvalue weighted by atomic mass is 79.9. The molecule has 0 radical (unpaired) electrons. The van der Waals surface area contributed by atoms with Crippen molar-refractivity contribution in [3.63, 3.8) is 0 Å². The Balaban J connectivity index is 2.26. The summed E-state index contributed by atoms with van der Waals surface area (Å²) in [6.07, 6.45) is -0.611. The molecule has 0 unspecified atom stereocenters. The van der Waals surface area contributed by atoms with Gasteiger partial charge < -0.3 is 9.84 Å². The van der Waals surface area contributed by atoms with Crippen molar-refractivity contribution in [2.45, 2.75) is 38.7 Å². The van der Waals surface area contributed by atoms with Crippen LogP contribution in [-0.4, -0.2) is 17.2 Å². The molecule has 0 heterocycles. The van der Waals surface area contributed by atoms with Crippen molar-refractivity contribution in [2.75, 3.05) is 0 Å². The van der Waals surface area contributed by atoms with Crippen molar-refractivity contribution in [3.05, 3.63) is 64.1 Å². The molecule has 1 atom stereocenters. The Labute approximate surface area is 145 Å². The van der Waals surface area contributed by atoms with E-state index in [4.69, 9.17) is 4.74 Å². The van der Waals surface area contributed by atoms with Crippen LogP contribution in [0.5, 0.6) is 5.75 Å². The highest BCUT2D eigenvalue weighted by molar-refractivity contribution is 9.10. The molecule has 0 saturated heterocycles. The lowest BCUT2D eigenvalue weighted by atomic mass is 9.86. The molecule has 0 aliphatic carbocycles. The molecule has 0 saturated carbocycles. The van der Waals surface area contributed by atoms with Gasteiger partial charge in [0.2, 0.25) is 0 Å². The van der Waals surface area contributed by atoms with Crippen LogP contribution in [0.25, 0.3) is 0 Å². The molecule has 0 aliphatic rings. The van der Waals surface area contributed by atoms with E-state index in [9.17, 15) is 9.90 Å². The number of para-hydroxylation sites is 1. The van der Waals surface area contributed by atoms with Gasteiger partial charge in [0.15, 0.2) is 6.10 Å². The smallest absolute Gasteiger partial charge is 0.345 e. The Hall–Kier alpha value is -1.81. The fourth-order valence-corrected chi connectivity index (χ4v) is 2.85. The monoisotopic (exact) mass is 376 g/mol. The normalized spacial score (nSPS) is 12.7. The average Bonchev–Trinajstić information content (AvgIpc) is 2.46. The zero-order valence-electron chi connectivity index (χ0n) is 13.5. The number of hydrogen-bond acceptors (Lipinski definition) is 2. The zero-order chi connectivity index (χ0) is 17.0. The van der Waals surface area contributed by atoms with Gasteiger partial charge in [0.25, 0.3) is 0 Å². The van der Waals surface area contributed by atoms with E-state index in [1.165, 1.54) is 0 Å². The fraction of sp³-hybridized carbons (Fsp3) is 0.316. The second kappa shape index (κ2) is 7.18. The van der Waals surface area contributed by atoms with Crippen LogP contribution in [-0.2, 0) is 16.6 Å². The quantitative estimate of drug-likeness (QED) is 0.813. The first kappa shape index (κ1) is 17.5. The Morgan fingerprint density at radius 3 is 2.48 bits per heavy atom. The van der Waals surface area contributed by atoms with Crippen molar-refractivity contribution in [3.8, 4) is 5.75 Å². The van der Waals surface area contributed by atoms with Gasteiger partial charge in [-0.25, -0.2) is 4.79 Å². The topological polar surface area (TPSA) is 46.5 Å². The number of carbonyl (C=O) groups is 1. The fourth-order valence-electron chi connectivity index (χ4n) is 2.40. The van der Waals surface area contributed by atoms with Crippen molar-refractivity contribution < 1.29 is 14.6 Å². The molecule has 0 spiro atoms. The van der Waals surface area contributed by atoms with E-state index in [0.717, 1.165) is 15.6 Å². The molecule has 3 nitrogen and oxygen atoms in total. The van der Waals surface area contributed by atoms with Crippen LogP contribution in [0.1, 0.15) is 31.9 Å².